The molecule has 5 heteroatoms. The normalized spacial score (nSPS) is 10.7. The van der Waals surface area contributed by atoms with Crippen molar-refractivity contribution < 1.29 is 4.52 Å². The van der Waals surface area contributed by atoms with Crippen LogP contribution in [-0.4, -0.2) is 12.2 Å². The lowest BCUT2D eigenvalue weighted by atomic mass is 10.1. The van der Waals surface area contributed by atoms with Gasteiger partial charge in [0.1, 0.15) is 0 Å². The molecule has 16 heavy (non-hydrogen) atoms. The number of aromatic nitrogens is 1. The molecule has 84 valence electrons. The number of nitrogens with zero attached hydrogens (tertiary/aromatic N) is 1. The Balaban J connectivity index is 2.42. The van der Waals surface area contributed by atoms with E-state index in [0.717, 1.165) is 11.1 Å². The highest BCUT2D eigenvalue weighted by Crippen LogP contribution is 2.30. The van der Waals surface area contributed by atoms with Gasteiger partial charge in [0.05, 0.1) is 16.2 Å². The Morgan fingerprint density at radius 1 is 1.31 bits per heavy atom. The van der Waals surface area contributed by atoms with Gasteiger partial charge in [-0.15, -0.1) is 0 Å². The van der Waals surface area contributed by atoms with Crippen LogP contribution in [0.4, 0.5) is 0 Å². The van der Waals surface area contributed by atoms with Gasteiger partial charge in [0.25, 0.3) is 0 Å². The SMILES string of the molecule is CNCc1cnoc1-c1ccc(Cl)c(Cl)c1. The Labute approximate surface area is 103 Å². The molecule has 0 aliphatic rings. The van der Waals surface area contributed by atoms with Gasteiger partial charge >= 0.3 is 0 Å². The van der Waals surface area contributed by atoms with Gasteiger partial charge in [0.2, 0.25) is 0 Å². The first kappa shape index (κ1) is 11.5. The smallest absolute Gasteiger partial charge is 0.171 e. The lowest BCUT2D eigenvalue weighted by molar-refractivity contribution is 0.431. The molecule has 0 radical (unpaired) electrons. The van der Waals surface area contributed by atoms with Gasteiger partial charge in [-0.3, -0.25) is 0 Å². The largest absolute Gasteiger partial charge is 0.356 e. The van der Waals surface area contributed by atoms with E-state index in [9.17, 15) is 0 Å². The van der Waals surface area contributed by atoms with Crippen LogP contribution in [0.25, 0.3) is 11.3 Å². The third kappa shape index (κ3) is 2.21. The molecule has 0 spiro atoms. The maximum Gasteiger partial charge on any atom is 0.171 e. The second kappa shape index (κ2) is 4.87. The van der Waals surface area contributed by atoms with Crippen LogP contribution in [-0.2, 0) is 6.54 Å². The molecule has 1 aromatic heterocycles. The first-order valence-corrected chi connectivity index (χ1v) is 5.51. The Morgan fingerprint density at radius 2 is 2.12 bits per heavy atom. The second-order valence-electron chi connectivity index (χ2n) is 3.34. The van der Waals surface area contributed by atoms with Crippen LogP contribution in [0.2, 0.25) is 10.0 Å². The van der Waals surface area contributed by atoms with E-state index in [1.807, 2.05) is 13.1 Å². The van der Waals surface area contributed by atoms with Crippen LogP contribution in [0.5, 0.6) is 0 Å². The molecule has 0 saturated heterocycles. The van der Waals surface area contributed by atoms with Crippen molar-refractivity contribution in [2.45, 2.75) is 6.54 Å². The molecular formula is C11H10Cl2N2O. The summed E-state index contributed by atoms with van der Waals surface area (Å²) in [7, 11) is 1.87. The summed E-state index contributed by atoms with van der Waals surface area (Å²) in [6.45, 7) is 0.694. The highest BCUT2D eigenvalue weighted by Gasteiger charge is 2.11. The summed E-state index contributed by atoms with van der Waals surface area (Å²) in [4.78, 5) is 0. The number of hydrogen-bond acceptors (Lipinski definition) is 3. The summed E-state index contributed by atoms with van der Waals surface area (Å²) in [5.74, 6) is 0.716. The molecule has 0 fully saturated rings. The Morgan fingerprint density at radius 3 is 2.81 bits per heavy atom. The maximum absolute atomic E-state index is 5.95. The van der Waals surface area contributed by atoms with Crippen LogP contribution >= 0.6 is 23.2 Å². The molecule has 1 heterocycles. The first-order chi connectivity index (χ1) is 7.72. The molecule has 0 atom stereocenters. The van der Waals surface area contributed by atoms with E-state index in [1.165, 1.54) is 0 Å². The third-order valence-corrected chi connectivity index (χ3v) is 2.93. The molecule has 2 aromatic rings. The zero-order valence-corrected chi connectivity index (χ0v) is 10.1. The van der Waals surface area contributed by atoms with Gasteiger partial charge in [-0.25, -0.2) is 0 Å². The highest BCUT2D eigenvalue weighted by atomic mass is 35.5. The van der Waals surface area contributed by atoms with Crippen LogP contribution in [0, 0.1) is 0 Å². The summed E-state index contributed by atoms with van der Waals surface area (Å²) in [6, 6.07) is 5.36. The van der Waals surface area contributed by atoms with Crippen LogP contribution in [0.15, 0.2) is 28.9 Å². The fourth-order valence-corrected chi connectivity index (χ4v) is 1.75. The fourth-order valence-electron chi connectivity index (χ4n) is 1.45. The zero-order chi connectivity index (χ0) is 11.5. The number of nitrogens with one attached hydrogen (secondary N) is 1. The topological polar surface area (TPSA) is 38.1 Å². The van der Waals surface area contributed by atoms with Crippen molar-refractivity contribution in [3.63, 3.8) is 0 Å². The van der Waals surface area contributed by atoms with Crippen molar-refractivity contribution in [3.8, 4) is 11.3 Å². The molecule has 0 aliphatic carbocycles. The summed E-state index contributed by atoms with van der Waals surface area (Å²) in [5, 5.41) is 7.86. The van der Waals surface area contributed by atoms with Gasteiger partial charge < -0.3 is 9.84 Å². The van der Waals surface area contributed by atoms with Gasteiger partial charge in [-0.1, -0.05) is 28.4 Å². The van der Waals surface area contributed by atoms with E-state index < -0.39 is 0 Å². The third-order valence-electron chi connectivity index (χ3n) is 2.19. The molecule has 0 aliphatic heterocycles. The van der Waals surface area contributed by atoms with E-state index in [4.69, 9.17) is 27.7 Å². The van der Waals surface area contributed by atoms with Crippen molar-refractivity contribution >= 4 is 23.2 Å². The molecule has 0 saturated carbocycles. The molecule has 2 rings (SSSR count). The number of rotatable bonds is 3. The minimum atomic E-state index is 0.506. The summed E-state index contributed by atoms with van der Waals surface area (Å²) in [6.07, 6.45) is 1.69. The molecule has 0 amide bonds. The molecular weight excluding hydrogens is 247 g/mol. The average molecular weight is 257 g/mol. The molecule has 3 nitrogen and oxygen atoms in total. The molecule has 0 unspecified atom stereocenters. The molecule has 1 aromatic carbocycles. The molecule has 0 bridgehead atoms. The standard InChI is InChI=1S/C11H10Cl2N2O/c1-14-5-8-6-15-16-11(8)7-2-3-9(12)10(13)4-7/h2-4,6,14H,5H2,1H3. The lowest BCUT2D eigenvalue weighted by Crippen LogP contribution is -2.04. The van der Waals surface area contributed by atoms with E-state index >= 15 is 0 Å². The van der Waals surface area contributed by atoms with Crippen LogP contribution < -0.4 is 5.32 Å². The Hall–Kier alpha value is -1.03. The average Bonchev–Trinajstić information content (AvgIpc) is 2.71. The van der Waals surface area contributed by atoms with Crippen molar-refractivity contribution in [3.05, 3.63) is 40.0 Å². The Bertz CT molecular complexity index is 496. The first-order valence-electron chi connectivity index (χ1n) is 4.76. The van der Waals surface area contributed by atoms with Crippen molar-refractivity contribution in [2.75, 3.05) is 7.05 Å². The fraction of sp³-hybridized carbons (Fsp3) is 0.182. The number of halogens is 2. The van der Waals surface area contributed by atoms with Crippen molar-refractivity contribution in [1.82, 2.24) is 10.5 Å². The predicted octanol–water partition coefficient (Wildman–Crippen LogP) is 3.37. The van der Waals surface area contributed by atoms with E-state index in [2.05, 4.69) is 10.5 Å². The van der Waals surface area contributed by atoms with E-state index in [1.54, 1.807) is 18.3 Å². The summed E-state index contributed by atoms with van der Waals surface area (Å²) < 4.78 is 5.21. The minimum Gasteiger partial charge on any atom is -0.356 e. The van der Waals surface area contributed by atoms with Crippen LogP contribution in [0.1, 0.15) is 5.56 Å². The van der Waals surface area contributed by atoms with Crippen LogP contribution in [0.3, 0.4) is 0 Å². The highest BCUT2D eigenvalue weighted by molar-refractivity contribution is 6.42. The Kier molecular flexibility index (Phi) is 3.49. The van der Waals surface area contributed by atoms with E-state index in [0.29, 0.717) is 22.4 Å². The van der Waals surface area contributed by atoms with Crippen molar-refractivity contribution in [1.29, 1.82) is 0 Å². The monoisotopic (exact) mass is 256 g/mol. The maximum atomic E-state index is 5.95. The van der Waals surface area contributed by atoms with Crippen molar-refractivity contribution in [2.24, 2.45) is 0 Å². The van der Waals surface area contributed by atoms with Gasteiger partial charge in [-0.05, 0) is 25.2 Å². The second-order valence-corrected chi connectivity index (χ2v) is 4.15. The zero-order valence-electron chi connectivity index (χ0n) is 8.63. The van der Waals surface area contributed by atoms with Gasteiger partial charge in [0.15, 0.2) is 5.76 Å². The predicted molar refractivity (Wildman–Crippen MR) is 64.7 cm³/mol. The van der Waals surface area contributed by atoms with E-state index in [-0.39, 0.29) is 0 Å². The number of benzene rings is 1. The lowest BCUT2D eigenvalue weighted by Gasteiger charge is -2.02. The quantitative estimate of drug-likeness (QED) is 0.916. The van der Waals surface area contributed by atoms with Gasteiger partial charge in [-0.2, -0.15) is 0 Å². The van der Waals surface area contributed by atoms with Gasteiger partial charge in [0, 0.05) is 17.7 Å². The molecule has 1 N–H and O–H groups in total. The number of hydrogen-bond donors (Lipinski definition) is 1. The summed E-state index contributed by atoms with van der Waals surface area (Å²) in [5.41, 5.74) is 1.86. The summed E-state index contributed by atoms with van der Waals surface area (Å²) >= 11 is 11.8. The minimum absolute atomic E-state index is 0.506.